The third kappa shape index (κ3) is 4.23. The van der Waals surface area contributed by atoms with Crippen LogP contribution in [0.3, 0.4) is 0 Å². The van der Waals surface area contributed by atoms with Crippen molar-refractivity contribution >= 4 is 17.6 Å². The predicted octanol–water partition coefficient (Wildman–Crippen LogP) is 4.06. The number of amides is 1. The summed E-state index contributed by atoms with van der Waals surface area (Å²) < 4.78 is 10.3. The second-order valence-corrected chi connectivity index (χ2v) is 6.27. The highest BCUT2D eigenvalue weighted by molar-refractivity contribution is 5.99. The summed E-state index contributed by atoms with van der Waals surface area (Å²) in [5.41, 5.74) is 4.01. The second-order valence-electron chi connectivity index (χ2n) is 6.27. The van der Waals surface area contributed by atoms with Gasteiger partial charge in [-0.3, -0.25) is 4.79 Å². The minimum Gasteiger partial charge on any atom is -0.452 e. The summed E-state index contributed by atoms with van der Waals surface area (Å²) in [6.07, 6.45) is 0. The zero-order chi connectivity index (χ0) is 19.4. The molecular weight excluding hydrogens is 344 g/mol. The van der Waals surface area contributed by atoms with Gasteiger partial charge in [0.1, 0.15) is 17.0 Å². The molecule has 0 aliphatic carbocycles. The van der Waals surface area contributed by atoms with Crippen molar-refractivity contribution in [3.8, 4) is 11.3 Å². The molecule has 27 heavy (non-hydrogen) atoms. The summed E-state index contributed by atoms with van der Waals surface area (Å²) in [6, 6.07) is 14.9. The van der Waals surface area contributed by atoms with Crippen molar-refractivity contribution in [2.24, 2.45) is 0 Å². The van der Waals surface area contributed by atoms with Crippen molar-refractivity contribution in [3.63, 3.8) is 0 Å². The average molecular weight is 364 g/mol. The summed E-state index contributed by atoms with van der Waals surface area (Å²) in [5, 5.41) is 6.70. The van der Waals surface area contributed by atoms with E-state index in [1.54, 1.807) is 6.92 Å². The molecule has 0 saturated carbocycles. The van der Waals surface area contributed by atoms with Crippen LogP contribution in [0.2, 0.25) is 0 Å². The smallest absolute Gasteiger partial charge is 0.344 e. The van der Waals surface area contributed by atoms with Gasteiger partial charge in [0.25, 0.3) is 5.91 Å². The highest BCUT2D eigenvalue weighted by Gasteiger charge is 2.23. The number of carbonyl (C=O) groups excluding carboxylic acids is 2. The van der Waals surface area contributed by atoms with Crippen LogP contribution in [-0.4, -0.2) is 23.6 Å². The van der Waals surface area contributed by atoms with Gasteiger partial charge in [-0.25, -0.2) is 4.79 Å². The molecule has 0 aliphatic heterocycles. The van der Waals surface area contributed by atoms with Gasteiger partial charge in [0.15, 0.2) is 6.61 Å². The van der Waals surface area contributed by atoms with E-state index >= 15 is 0 Å². The molecule has 2 aromatic carbocycles. The van der Waals surface area contributed by atoms with Crippen LogP contribution in [0.25, 0.3) is 11.3 Å². The molecular formula is C21H20N2O4. The fourth-order valence-corrected chi connectivity index (χ4v) is 2.67. The first-order valence-corrected chi connectivity index (χ1v) is 8.51. The highest BCUT2D eigenvalue weighted by atomic mass is 16.5. The molecule has 0 radical (unpaired) electrons. The van der Waals surface area contributed by atoms with Crippen molar-refractivity contribution in [3.05, 3.63) is 71.0 Å². The van der Waals surface area contributed by atoms with Crippen LogP contribution < -0.4 is 5.32 Å². The molecule has 1 N–H and O–H groups in total. The lowest BCUT2D eigenvalue weighted by Crippen LogP contribution is -2.21. The van der Waals surface area contributed by atoms with E-state index in [9.17, 15) is 9.59 Å². The quantitative estimate of drug-likeness (QED) is 0.691. The van der Waals surface area contributed by atoms with Gasteiger partial charge in [0.2, 0.25) is 0 Å². The lowest BCUT2D eigenvalue weighted by Gasteiger charge is -2.10. The number of aromatic nitrogens is 1. The molecule has 0 unspecified atom stereocenters. The first-order chi connectivity index (χ1) is 13.0. The first-order valence-electron chi connectivity index (χ1n) is 8.51. The number of aryl methyl sites for hydroxylation is 3. The molecule has 0 fully saturated rings. The lowest BCUT2D eigenvalue weighted by atomic mass is 10.1. The number of nitrogens with one attached hydrogen (secondary N) is 1. The Bertz CT molecular complexity index is 977. The molecule has 6 nitrogen and oxygen atoms in total. The number of rotatable bonds is 5. The van der Waals surface area contributed by atoms with Gasteiger partial charge in [0.05, 0.1) is 0 Å². The number of anilines is 1. The van der Waals surface area contributed by atoms with Gasteiger partial charge in [-0.2, -0.15) is 0 Å². The van der Waals surface area contributed by atoms with Gasteiger partial charge in [-0.05, 0) is 38.0 Å². The molecule has 1 aromatic heterocycles. The minimum absolute atomic E-state index is 0.223. The molecule has 0 aliphatic rings. The van der Waals surface area contributed by atoms with E-state index in [1.807, 2.05) is 62.4 Å². The minimum atomic E-state index is -0.649. The van der Waals surface area contributed by atoms with Crippen LogP contribution in [0, 0.1) is 20.8 Å². The Morgan fingerprint density at radius 3 is 2.56 bits per heavy atom. The molecule has 3 aromatic rings. The number of benzene rings is 2. The maximum absolute atomic E-state index is 12.5. The van der Waals surface area contributed by atoms with Crippen molar-refractivity contribution in [1.82, 2.24) is 5.16 Å². The Balaban J connectivity index is 1.69. The van der Waals surface area contributed by atoms with E-state index < -0.39 is 18.5 Å². The Morgan fingerprint density at radius 1 is 1.07 bits per heavy atom. The topological polar surface area (TPSA) is 81.4 Å². The predicted molar refractivity (Wildman–Crippen MR) is 102 cm³/mol. The molecule has 1 heterocycles. The van der Waals surface area contributed by atoms with Gasteiger partial charge in [-0.1, -0.05) is 47.6 Å². The van der Waals surface area contributed by atoms with Crippen molar-refractivity contribution in [2.45, 2.75) is 20.8 Å². The molecule has 0 saturated heterocycles. The van der Waals surface area contributed by atoms with Crippen LogP contribution >= 0.6 is 0 Å². The molecule has 6 heteroatoms. The largest absolute Gasteiger partial charge is 0.452 e. The SMILES string of the molecule is Cc1ccc(C)c(NC(=O)COC(=O)c2c(-c3ccccc3)noc2C)c1. The second kappa shape index (κ2) is 7.86. The summed E-state index contributed by atoms with van der Waals surface area (Å²) in [6.45, 7) is 5.07. The fraction of sp³-hybridized carbons (Fsp3) is 0.190. The number of carbonyl (C=O) groups is 2. The Morgan fingerprint density at radius 2 is 1.81 bits per heavy atom. The lowest BCUT2D eigenvalue weighted by molar-refractivity contribution is -0.119. The first kappa shape index (κ1) is 18.4. The maximum atomic E-state index is 12.5. The number of ether oxygens (including phenoxy) is 1. The third-order valence-electron chi connectivity index (χ3n) is 4.12. The zero-order valence-corrected chi connectivity index (χ0v) is 15.4. The van der Waals surface area contributed by atoms with Crippen LogP contribution in [-0.2, 0) is 9.53 Å². The van der Waals surface area contributed by atoms with Crippen LogP contribution in [0.15, 0.2) is 53.1 Å². The summed E-state index contributed by atoms with van der Waals surface area (Å²) in [4.78, 5) is 24.7. The summed E-state index contributed by atoms with van der Waals surface area (Å²) >= 11 is 0. The zero-order valence-electron chi connectivity index (χ0n) is 15.4. The highest BCUT2D eigenvalue weighted by Crippen LogP contribution is 2.25. The van der Waals surface area contributed by atoms with E-state index in [2.05, 4.69) is 10.5 Å². The normalized spacial score (nSPS) is 10.5. The van der Waals surface area contributed by atoms with Gasteiger partial charge in [0, 0.05) is 11.3 Å². The number of hydrogen-bond donors (Lipinski definition) is 1. The Kier molecular flexibility index (Phi) is 5.35. The standard InChI is InChI=1S/C21H20N2O4/c1-13-9-10-14(2)17(11-13)22-18(24)12-26-21(25)19-15(3)27-23-20(19)16-7-5-4-6-8-16/h4-11H,12H2,1-3H3,(H,22,24). The van der Waals surface area contributed by atoms with Crippen molar-refractivity contribution < 1.29 is 18.8 Å². The molecule has 1 amide bonds. The third-order valence-corrected chi connectivity index (χ3v) is 4.12. The molecule has 0 spiro atoms. The summed E-state index contributed by atoms with van der Waals surface area (Å²) in [5.74, 6) is -0.718. The van der Waals surface area contributed by atoms with E-state index in [1.165, 1.54) is 0 Å². The van der Waals surface area contributed by atoms with Crippen LogP contribution in [0.1, 0.15) is 27.2 Å². The maximum Gasteiger partial charge on any atom is 0.344 e. The van der Waals surface area contributed by atoms with Crippen molar-refractivity contribution in [1.29, 1.82) is 0 Å². The van der Waals surface area contributed by atoms with E-state index in [4.69, 9.17) is 9.26 Å². The van der Waals surface area contributed by atoms with Gasteiger partial charge >= 0.3 is 5.97 Å². The Labute approximate surface area is 157 Å². The molecule has 0 bridgehead atoms. The fourth-order valence-electron chi connectivity index (χ4n) is 2.67. The van der Waals surface area contributed by atoms with Crippen LogP contribution in [0.5, 0.6) is 0 Å². The van der Waals surface area contributed by atoms with Gasteiger partial charge in [-0.15, -0.1) is 0 Å². The van der Waals surface area contributed by atoms with E-state index in [-0.39, 0.29) is 5.56 Å². The number of esters is 1. The van der Waals surface area contributed by atoms with E-state index in [0.717, 1.165) is 16.7 Å². The average Bonchev–Trinajstić information content (AvgIpc) is 3.05. The number of nitrogens with zero attached hydrogens (tertiary/aromatic N) is 1. The molecule has 138 valence electrons. The number of hydrogen-bond acceptors (Lipinski definition) is 5. The monoisotopic (exact) mass is 364 g/mol. The molecule has 0 atom stereocenters. The van der Waals surface area contributed by atoms with Crippen molar-refractivity contribution in [2.75, 3.05) is 11.9 Å². The van der Waals surface area contributed by atoms with Crippen LogP contribution in [0.4, 0.5) is 5.69 Å². The Hall–Kier alpha value is -3.41. The summed E-state index contributed by atoms with van der Waals surface area (Å²) in [7, 11) is 0. The molecule has 3 rings (SSSR count). The van der Waals surface area contributed by atoms with E-state index in [0.29, 0.717) is 17.1 Å². The van der Waals surface area contributed by atoms with Gasteiger partial charge < -0.3 is 14.6 Å².